The normalized spacial score (nSPS) is 15.4. The minimum atomic E-state index is -1.02. The van der Waals surface area contributed by atoms with Gasteiger partial charge in [-0.2, -0.15) is 13.5 Å². The third-order valence-corrected chi connectivity index (χ3v) is 6.53. The summed E-state index contributed by atoms with van der Waals surface area (Å²) in [5.41, 5.74) is 2.38. The van der Waals surface area contributed by atoms with Gasteiger partial charge in [-0.05, 0) is 108 Å². The molecule has 0 bridgehead atoms. The second-order valence-electron chi connectivity index (χ2n) is 10.3. The highest BCUT2D eigenvalue weighted by atomic mass is 32.2. The Labute approximate surface area is 231 Å². The average Bonchev–Trinajstić information content (AvgIpc) is 3.16. The predicted octanol–water partition coefficient (Wildman–Crippen LogP) is 5.33. The molecule has 0 aliphatic heterocycles. The first-order chi connectivity index (χ1) is 16.7. The number of hydrogen-bond acceptors (Lipinski definition) is 7. The molecule has 0 aromatic heterocycles. The van der Waals surface area contributed by atoms with Crippen molar-refractivity contribution < 1.29 is 29.3 Å². The molecule has 0 fully saturated rings. The lowest BCUT2D eigenvalue weighted by atomic mass is 10.1. The van der Waals surface area contributed by atoms with Gasteiger partial charge in [0, 0.05) is 10.9 Å². The molecule has 3 N–H and O–H groups in total. The van der Waals surface area contributed by atoms with Crippen molar-refractivity contribution >= 4 is 37.2 Å². The van der Waals surface area contributed by atoms with E-state index in [4.69, 9.17) is 19.7 Å². The van der Waals surface area contributed by atoms with Gasteiger partial charge in [-0.25, -0.2) is 4.79 Å². The van der Waals surface area contributed by atoms with Crippen LogP contribution in [0.25, 0.3) is 0 Å². The maximum absolute atomic E-state index is 12.4. The molecule has 1 aliphatic rings. The first-order valence-electron chi connectivity index (χ1n) is 12.2. The van der Waals surface area contributed by atoms with Gasteiger partial charge in [0.2, 0.25) is 0 Å². The van der Waals surface area contributed by atoms with Crippen LogP contribution in [-0.2, 0) is 27.2 Å². The zero-order valence-electron chi connectivity index (χ0n) is 22.8. The first-order valence-corrected chi connectivity index (χ1v) is 13.0. The van der Waals surface area contributed by atoms with Gasteiger partial charge >= 0.3 is 11.9 Å². The van der Waals surface area contributed by atoms with Gasteiger partial charge in [-0.1, -0.05) is 13.0 Å². The lowest BCUT2D eigenvalue weighted by Crippen LogP contribution is -2.36. The van der Waals surface area contributed by atoms with Gasteiger partial charge in [0.15, 0.2) is 6.10 Å². The minimum absolute atomic E-state index is 0. The number of aliphatic carboxylic acids is 1. The number of esters is 1. The topological polar surface area (TPSA) is 105 Å². The van der Waals surface area contributed by atoms with E-state index < -0.39 is 22.4 Å². The molecule has 2 aromatic carbocycles. The van der Waals surface area contributed by atoms with E-state index in [-0.39, 0.29) is 25.2 Å². The van der Waals surface area contributed by atoms with Crippen LogP contribution in [0.15, 0.2) is 47.4 Å². The van der Waals surface area contributed by atoms with Gasteiger partial charge in [-0.3, -0.25) is 4.79 Å². The number of nitrogens with one attached hydrogen (secondary N) is 1. The highest BCUT2D eigenvalue weighted by Gasteiger charge is 2.34. The highest BCUT2D eigenvalue weighted by Crippen LogP contribution is 2.37. The van der Waals surface area contributed by atoms with Crippen LogP contribution in [0.4, 0.5) is 0 Å². The summed E-state index contributed by atoms with van der Waals surface area (Å²) in [6, 6.07) is 13.0. The third kappa shape index (κ3) is 10.9. The summed E-state index contributed by atoms with van der Waals surface area (Å²) in [5.74, 6) is -0.642. The van der Waals surface area contributed by atoms with Gasteiger partial charge in [0.05, 0.1) is 0 Å². The summed E-state index contributed by atoms with van der Waals surface area (Å²) in [6.07, 6.45) is 1.29. The number of likely N-dealkylation sites (N-methyl/N-ethyl adjacent to an activating group) is 1. The van der Waals surface area contributed by atoms with Crippen LogP contribution in [0.3, 0.4) is 0 Å². The van der Waals surface area contributed by atoms with E-state index in [0.717, 1.165) is 24.3 Å². The molecular formula is C28H41NO6S2. The number of ether oxygens (including phenoxy) is 2. The summed E-state index contributed by atoms with van der Waals surface area (Å²) < 4.78 is 9.97. The number of aromatic hydroxyl groups is 1. The third-order valence-electron chi connectivity index (χ3n) is 5.36. The van der Waals surface area contributed by atoms with Crippen molar-refractivity contribution in [2.24, 2.45) is 0 Å². The predicted molar refractivity (Wildman–Crippen MR) is 153 cm³/mol. The van der Waals surface area contributed by atoms with Crippen LogP contribution in [0.5, 0.6) is 11.5 Å². The van der Waals surface area contributed by atoms with E-state index in [0.29, 0.717) is 11.8 Å². The molecule has 2 atom stereocenters. The van der Waals surface area contributed by atoms with E-state index >= 15 is 0 Å². The number of carboxylic acid groups (broad SMARTS) is 1. The van der Waals surface area contributed by atoms with Crippen LogP contribution in [0.1, 0.15) is 59.6 Å². The van der Waals surface area contributed by atoms with Gasteiger partial charge in [0.25, 0.3) is 0 Å². The van der Waals surface area contributed by atoms with Crippen molar-refractivity contribution in [3.63, 3.8) is 0 Å². The van der Waals surface area contributed by atoms with E-state index in [9.17, 15) is 9.59 Å². The number of phenols is 1. The fraction of sp³-hybridized carbons (Fsp3) is 0.500. The molecule has 0 spiro atoms. The monoisotopic (exact) mass is 551 g/mol. The van der Waals surface area contributed by atoms with Crippen LogP contribution < -0.4 is 10.1 Å². The second kappa shape index (κ2) is 14.0. The van der Waals surface area contributed by atoms with Gasteiger partial charge < -0.3 is 25.0 Å². The quantitative estimate of drug-likeness (QED) is 0.299. The number of fused-ring (bicyclic) bond motifs is 1. The molecule has 9 heteroatoms. The number of rotatable bonds is 8. The number of thioether (sulfide) groups is 1. The maximum atomic E-state index is 12.4. The highest BCUT2D eigenvalue weighted by molar-refractivity contribution is 8.01. The summed E-state index contributed by atoms with van der Waals surface area (Å²) in [4.78, 5) is 23.9. The van der Waals surface area contributed by atoms with E-state index in [1.807, 2.05) is 34.6 Å². The average molecular weight is 552 g/mol. The minimum Gasteiger partial charge on any atom is -0.508 e. The van der Waals surface area contributed by atoms with E-state index in [1.165, 1.54) is 42.3 Å². The molecular weight excluding hydrogens is 510 g/mol. The number of carboxylic acids is 1. The number of phenolic OH excluding ortho intramolecular Hbond substituents is 1. The van der Waals surface area contributed by atoms with E-state index in [1.54, 1.807) is 11.8 Å². The van der Waals surface area contributed by atoms with Crippen molar-refractivity contribution in [3.8, 4) is 11.5 Å². The van der Waals surface area contributed by atoms with Crippen molar-refractivity contribution in [1.82, 2.24) is 5.32 Å². The summed E-state index contributed by atoms with van der Waals surface area (Å²) >= 11 is 1.58. The van der Waals surface area contributed by atoms with Crippen LogP contribution in [0, 0.1) is 0 Å². The van der Waals surface area contributed by atoms with E-state index in [2.05, 4.69) is 30.4 Å². The number of carbonyl (C=O) groups is 2. The largest absolute Gasteiger partial charge is 0.508 e. The molecule has 0 heterocycles. The zero-order valence-corrected chi connectivity index (χ0v) is 24.6. The maximum Gasteiger partial charge on any atom is 0.344 e. The lowest BCUT2D eigenvalue weighted by molar-refractivity contribution is -0.156. The molecule has 0 unspecified atom stereocenters. The molecule has 37 heavy (non-hydrogen) atoms. The smallest absolute Gasteiger partial charge is 0.344 e. The van der Waals surface area contributed by atoms with Gasteiger partial charge in [-0.15, -0.1) is 11.8 Å². The molecule has 0 saturated heterocycles. The molecule has 1 aliphatic carbocycles. The van der Waals surface area contributed by atoms with Crippen molar-refractivity contribution in [2.75, 3.05) is 6.54 Å². The van der Waals surface area contributed by atoms with Crippen LogP contribution in [0.2, 0.25) is 0 Å². The Balaban J connectivity index is 0.000000417. The molecule has 3 rings (SSSR count). The summed E-state index contributed by atoms with van der Waals surface area (Å²) in [7, 11) is 0. The summed E-state index contributed by atoms with van der Waals surface area (Å²) in [6.45, 7) is 14.2. The second-order valence-corrected chi connectivity index (χ2v) is 12.0. The van der Waals surface area contributed by atoms with Gasteiger partial charge in [0.1, 0.15) is 21.8 Å². The number of benzene rings is 2. The Bertz CT molecular complexity index is 1030. The lowest BCUT2D eigenvalue weighted by Gasteiger charge is -2.28. The SMILES string of the molecule is CCN[C@@H]1Cc2ccc(SC(C)(C)C(=O)OC(C)(C)C)cc2C1.C[C@H](Oc1ccc(O)cc1)C(=O)O.S. The fourth-order valence-electron chi connectivity index (χ4n) is 3.61. The Kier molecular flexibility index (Phi) is 12.3. The summed E-state index contributed by atoms with van der Waals surface area (Å²) in [5, 5.41) is 21.0. The van der Waals surface area contributed by atoms with Crippen LogP contribution in [-0.4, -0.2) is 51.2 Å². The van der Waals surface area contributed by atoms with Crippen molar-refractivity contribution in [1.29, 1.82) is 0 Å². The Morgan fingerprint density at radius 2 is 1.65 bits per heavy atom. The molecule has 2 aromatic rings. The Morgan fingerprint density at radius 1 is 1.05 bits per heavy atom. The molecule has 0 saturated carbocycles. The Hall–Kier alpha value is -2.36. The van der Waals surface area contributed by atoms with Crippen molar-refractivity contribution in [2.45, 2.75) is 88.7 Å². The molecule has 0 amide bonds. The van der Waals surface area contributed by atoms with Crippen LogP contribution >= 0.6 is 25.3 Å². The Morgan fingerprint density at radius 3 is 2.19 bits per heavy atom. The number of carbonyl (C=O) groups excluding carboxylic acids is 1. The molecule has 7 nitrogen and oxygen atoms in total. The number of hydrogen-bond donors (Lipinski definition) is 3. The first kappa shape index (κ1) is 32.7. The zero-order chi connectivity index (χ0) is 27.1. The van der Waals surface area contributed by atoms with Crippen molar-refractivity contribution in [3.05, 3.63) is 53.6 Å². The fourth-order valence-corrected chi connectivity index (χ4v) is 4.66. The molecule has 206 valence electrons. The molecule has 0 radical (unpaired) electrons. The standard InChI is InChI=1S/C19H29NO2S.C9H10O4.H2S/c1-7-20-15-10-13-8-9-16(12-14(13)11-15)23-19(5,6)17(21)22-18(2,3)4;1-6(9(11)12)13-8-4-2-7(10)3-5-8;/h8-9,12,15,20H,7,10-11H2,1-6H3;2-6,10H,1H3,(H,11,12);1H2/t15-;6-;/m10./s1.